The highest BCUT2D eigenvalue weighted by Crippen LogP contribution is 2.22. The van der Waals surface area contributed by atoms with Crippen LogP contribution in [-0.4, -0.2) is 39.3 Å². The van der Waals surface area contributed by atoms with E-state index in [-0.39, 0.29) is 16.3 Å². The van der Waals surface area contributed by atoms with Gasteiger partial charge in [-0.2, -0.15) is 0 Å². The minimum Gasteiger partial charge on any atom is -0.465 e. The minimum atomic E-state index is -3.89. The van der Waals surface area contributed by atoms with Gasteiger partial charge in [-0.3, -0.25) is 0 Å². The molecular formula is C15H17NO5S2. The summed E-state index contributed by atoms with van der Waals surface area (Å²) in [6, 6.07) is 10.6. The summed E-state index contributed by atoms with van der Waals surface area (Å²) >= 11 is 0.990. The largest absolute Gasteiger partial charge is 0.465 e. The highest BCUT2D eigenvalue weighted by Gasteiger charge is 2.25. The van der Waals surface area contributed by atoms with Gasteiger partial charge in [0.15, 0.2) is 0 Å². The van der Waals surface area contributed by atoms with Crippen LogP contribution >= 0.6 is 11.3 Å². The number of benzene rings is 1. The Morgan fingerprint density at radius 2 is 2.00 bits per heavy atom. The first-order valence-electron chi connectivity index (χ1n) is 6.81. The van der Waals surface area contributed by atoms with Gasteiger partial charge in [0, 0.05) is 6.54 Å². The number of nitrogens with one attached hydrogen (secondary N) is 1. The molecule has 0 aliphatic carbocycles. The number of aliphatic hydroxyl groups is 1. The fourth-order valence-corrected chi connectivity index (χ4v) is 4.40. The van der Waals surface area contributed by atoms with E-state index in [0.717, 1.165) is 16.9 Å². The second-order valence-electron chi connectivity index (χ2n) is 4.80. The van der Waals surface area contributed by atoms with Crippen molar-refractivity contribution in [3.05, 3.63) is 52.2 Å². The number of esters is 1. The summed E-state index contributed by atoms with van der Waals surface area (Å²) in [5, 5.41) is 11.5. The quantitative estimate of drug-likeness (QED) is 0.733. The van der Waals surface area contributed by atoms with Crippen LogP contribution in [0.15, 0.2) is 46.7 Å². The third-order valence-corrected chi connectivity index (χ3v) is 5.60. The maximum Gasteiger partial charge on any atom is 0.349 e. The summed E-state index contributed by atoms with van der Waals surface area (Å²) in [6.45, 7) is -0.145. The van der Waals surface area contributed by atoms with Crippen LogP contribution in [0, 0.1) is 0 Å². The molecule has 1 heterocycles. The lowest BCUT2D eigenvalue weighted by atomic mass is 10.1. The van der Waals surface area contributed by atoms with Crippen LogP contribution in [0.1, 0.15) is 15.2 Å². The summed E-state index contributed by atoms with van der Waals surface area (Å²) in [5.74, 6) is -0.704. The van der Waals surface area contributed by atoms with E-state index in [2.05, 4.69) is 9.46 Å². The van der Waals surface area contributed by atoms with E-state index >= 15 is 0 Å². The van der Waals surface area contributed by atoms with Crippen LogP contribution in [0.2, 0.25) is 0 Å². The maximum atomic E-state index is 12.3. The minimum absolute atomic E-state index is 0.0116. The van der Waals surface area contributed by atoms with Crippen molar-refractivity contribution in [3.8, 4) is 0 Å². The van der Waals surface area contributed by atoms with Crippen molar-refractivity contribution in [2.45, 2.75) is 17.4 Å². The van der Waals surface area contributed by atoms with Gasteiger partial charge in [0.1, 0.15) is 9.77 Å². The highest BCUT2D eigenvalue weighted by molar-refractivity contribution is 7.89. The lowest BCUT2D eigenvalue weighted by Gasteiger charge is -2.12. The van der Waals surface area contributed by atoms with Crippen molar-refractivity contribution < 1.29 is 23.1 Å². The van der Waals surface area contributed by atoms with E-state index in [1.54, 1.807) is 0 Å². The topological polar surface area (TPSA) is 92.7 Å². The van der Waals surface area contributed by atoms with Gasteiger partial charge in [0.2, 0.25) is 10.0 Å². The zero-order valence-corrected chi connectivity index (χ0v) is 14.1. The smallest absolute Gasteiger partial charge is 0.349 e. The van der Waals surface area contributed by atoms with Gasteiger partial charge in [-0.25, -0.2) is 17.9 Å². The summed E-state index contributed by atoms with van der Waals surface area (Å²) in [4.78, 5) is 11.4. The number of aliphatic hydroxyl groups excluding tert-OH is 1. The Balaban J connectivity index is 2.02. The third-order valence-electron chi connectivity index (χ3n) is 3.11. The van der Waals surface area contributed by atoms with Crippen molar-refractivity contribution in [2.75, 3.05) is 13.7 Å². The lowest BCUT2D eigenvalue weighted by Crippen LogP contribution is -2.33. The Hall–Kier alpha value is -1.74. The zero-order valence-electron chi connectivity index (χ0n) is 12.4. The van der Waals surface area contributed by atoms with Crippen LogP contribution in [0.3, 0.4) is 0 Å². The van der Waals surface area contributed by atoms with Gasteiger partial charge in [-0.05, 0) is 23.4 Å². The molecule has 1 aromatic carbocycles. The van der Waals surface area contributed by atoms with Gasteiger partial charge in [-0.15, -0.1) is 11.3 Å². The molecule has 0 spiro atoms. The van der Waals surface area contributed by atoms with E-state index in [9.17, 15) is 18.3 Å². The molecule has 6 nitrogen and oxygen atoms in total. The number of hydrogen-bond donors (Lipinski definition) is 2. The Labute approximate surface area is 138 Å². The first-order chi connectivity index (χ1) is 10.9. The zero-order chi connectivity index (χ0) is 16.9. The van der Waals surface area contributed by atoms with Gasteiger partial charge < -0.3 is 9.84 Å². The molecule has 0 radical (unpaired) electrons. The number of hydrogen-bond acceptors (Lipinski definition) is 6. The molecule has 0 saturated heterocycles. The maximum absolute atomic E-state index is 12.3. The van der Waals surface area contributed by atoms with E-state index in [4.69, 9.17) is 0 Å². The standard InChI is InChI=1S/C15H17NO5S2/c1-21-15(18)14-13(7-8-22-14)23(19,20)16-10-12(17)9-11-5-3-2-4-6-11/h2-8,12,16-17H,9-10H2,1H3. The van der Waals surface area contributed by atoms with Crippen LogP contribution < -0.4 is 4.72 Å². The van der Waals surface area contributed by atoms with Gasteiger partial charge in [0.05, 0.1) is 13.2 Å². The number of sulfonamides is 1. The molecule has 0 amide bonds. The predicted octanol–water partition coefficient (Wildman–Crippen LogP) is 1.42. The first-order valence-corrected chi connectivity index (χ1v) is 9.18. The molecule has 2 rings (SSSR count). The van der Waals surface area contributed by atoms with Crippen LogP contribution in [-0.2, 0) is 21.2 Å². The second-order valence-corrected chi connectivity index (χ2v) is 7.45. The molecule has 0 saturated carbocycles. The molecule has 1 aromatic heterocycles. The summed E-state index contributed by atoms with van der Waals surface area (Å²) in [6.07, 6.45) is -0.538. The molecule has 0 bridgehead atoms. The Morgan fingerprint density at radius 3 is 2.65 bits per heavy atom. The van der Waals surface area contributed by atoms with E-state index in [1.807, 2.05) is 30.3 Å². The van der Waals surface area contributed by atoms with Crippen molar-refractivity contribution in [2.24, 2.45) is 0 Å². The number of carbonyl (C=O) groups excluding carboxylic acids is 1. The van der Waals surface area contributed by atoms with Gasteiger partial charge in [0.25, 0.3) is 0 Å². The van der Waals surface area contributed by atoms with E-state index in [1.165, 1.54) is 18.6 Å². The Morgan fingerprint density at radius 1 is 1.30 bits per heavy atom. The fourth-order valence-electron chi connectivity index (χ4n) is 1.99. The summed E-state index contributed by atoms with van der Waals surface area (Å²) in [5.41, 5.74) is 0.907. The Bertz CT molecular complexity index is 755. The average Bonchev–Trinajstić information content (AvgIpc) is 3.04. The number of ether oxygens (including phenoxy) is 1. The normalized spacial score (nSPS) is 12.8. The van der Waals surface area contributed by atoms with Crippen molar-refractivity contribution in [3.63, 3.8) is 0 Å². The third kappa shape index (κ3) is 4.61. The van der Waals surface area contributed by atoms with Crippen molar-refractivity contribution >= 4 is 27.3 Å². The van der Waals surface area contributed by atoms with Crippen LogP contribution in [0.25, 0.3) is 0 Å². The monoisotopic (exact) mass is 355 g/mol. The molecule has 2 N–H and O–H groups in total. The lowest BCUT2D eigenvalue weighted by molar-refractivity contribution is 0.0602. The number of methoxy groups -OCH3 is 1. The molecule has 124 valence electrons. The SMILES string of the molecule is COC(=O)c1sccc1S(=O)(=O)NCC(O)Cc1ccccc1. The second kappa shape index (κ2) is 7.69. The fraction of sp³-hybridized carbons (Fsp3) is 0.267. The van der Waals surface area contributed by atoms with Gasteiger partial charge in [-0.1, -0.05) is 30.3 Å². The summed E-state index contributed by atoms with van der Waals surface area (Å²) in [7, 11) is -2.70. The molecular weight excluding hydrogens is 338 g/mol. The predicted molar refractivity (Wildman–Crippen MR) is 87.0 cm³/mol. The molecule has 0 fully saturated rings. The molecule has 0 aliphatic heterocycles. The average molecular weight is 355 g/mol. The van der Waals surface area contributed by atoms with Gasteiger partial charge >= 0.3 is 5.97 Å². The number of rotatable bonds is 7. The summed E-state index contributed by atoms with van der Waals surface area (Å²) < 4.78 is 31.4. The Kier molecular flexibility index (Phi) is 5.89. The van der Waals surface area contributed by atoms with Crippen LogP contribution in [0.4, 0.5) is 0 Å². The molecule has 8 heteroatoms. The molecule has 0 aliphatic rings. The number of carbonyl (C=O) groups is 1. The van der Waals surface area contributed by atoms with Crippen LogP contribution in [0.5, 0.6) is 0 Å². The van der Waals surface area contributed by atoms with Crippen molar-refractivity contribution in [1.82, 2.24) is 4.72 Å². The van der Waals surface area contributed by atoms with Crippen molar-refractivity contribution in [1.29, 1.82) is 0 Å². The first kappa shape index (κ1) is 17.6. The molecule has 23 heavy (non-hydrogen) atoms. The number of thiophene rings is 1. The molecule has 1 atom stereocenters. The highest BCUT2D eigenvalue weighted by atomic mass is 32.2. The molecule has 1 unspecified atom stereocenters. The molecule has 2 aromatic rings. The van der Waals surface area contributed by atoms with E-state index < -0.39 is 22.1 Å². The van der Waals surface area contributed by atoms with E-state index in [0.29, 0.717) is 6.42 Å².